The lowest BCUT2D eigenvalue weighted by molar-refractivity contribution is 0.00153. The monoisotopic (exact) mass is 344 g/mol. The standard InChI is InChI=1S/C22H32O3/c1-13(11-23)19-5-6-20-17-4-3-14-10-21(25)15(12-24)9-18(14)16(17)7-8-22(19,20)2/h9-10,13,16-17,19-20,23-25H,3-8,11-12H2,1-2H3/t13?,16-,17+,19+,20-,22+/m0/s1. The van der Waals surface area contributed by atoms with E-state index >= 15 is 0 Å². The van der Waals surface area contributed by atoms with E-state index in [1.807, 2.05) is 6.07 Å². The highest BCUT2D eigenvalue weighted by Crippen LogP contribution is 2.64. The van der Waals surface area contributed by atoms with Crippen LogP contribution in [0.15, 0.2) is 12.1 Å². The van der Waals surface area contributed by atoms with Gasteiger partial charge < -0.3 is 15.3 Å². The molecule has 1 aromatic rings. The molecule has 0 radical (unpaired) electrons. The average Bonchev–Trinajstić information content (AvgIpc) is 2.97. The Hall–Kier alpha value is -1.06. The lowest BCUT2D eigenvalue weighted by Crippen LogP contribution is -2.44. The number of phenols is 1. The number of aromatic hydroxyl groups is 1. The van der Waals surface area contributed by atoms with E-state index in [1.54, 1.807) is 0 Å². The maximum atomic E-state index is 10.1. The van der Waals surface area contributed by atoms with Crippen LogP contribution in [0.3, 0.4) is 0 Å². The minimum Gasteiger partial charge on any atom is -0.508 e. The Labute approximate surface area is 151 Å². The molecule has 138 valence electrons. The van der Waals surface area contributed by atoms with Crippen molar-refractivity contribution in [1.82, 2.24) is 0 Å². The molecular weight excluding hydrogens is 312 g/mol. The topological polar surface area (TPSA) is 60.7 Å². The molecule has 1 aromatic carbocycles. The van der Waals surface area contributed by atoms with Crippen LogP contribution in [-0.2, 0) is 13.0 Å². The van der Waals surface area contributed by atoms with Crippen LogP contribution in [-0.4, -0.2) is 21.9 Å². The molecule has 0 saturated heterocycles. The number of aliphatic hydroxyl groups is 2. The summed E-state index contributed by atoms with van der Waals surface area (Å²) < 4.78 is 0. The van der Waals surface area contributed by atoms with Crippen molar-refractivity contribution in [3.63, 3.8) is 0 Å². The summed E-state index contributed by atoms with van der Waals surface area (Å²) in [5, 5.41) is 29.3. The van der Waals surface area contributed by atoms with Gasteiger partial charge in [0.15, 0.2) is 0 Å². The number of hydrogen-bond donors (Lipinski definition) is 3. The van der Waals surface area contributed by atoms with Crippen molar-refractivity contribution >= 4 is 0 Å². The van der Waals surface area contributed by atoms with Crippen LogP contribution in [0, 0.1) is 29.1 Å². The predicted octanol–water partition coefficient (Wildman–Crippen LogP) is 3.99. The molecule has 6 atom stereocenters. The maximum absolute atomic E-state index is 10.1. The second kappa shape index (κ2) is 6.28. The van der Waals surface area contributed by atoms with E-state index in [1.165, 1.54) is 43.2 Å². The summed E-state index contributed by atoms with van der Waals surface area (Å²) in [4.78, 5) is 0. The zero-order valence-corrected chi connectivity index (χ0v) is 15.5. The highest BCUT2D eigenvalue weighted by Gasteiger charge is 2.55. The molecule has 0 aliphatic heterocycles. The highest BCUT2D eigenvalue weighted by molar-refractivity contribution is 5.45. The average molecular weight is 344 g/mol. The SMILES string of the molecule is CC(CO)[C@H]1CC[C@H]2[C@@H]3CCc4cc(O)c(CO)cc4[C@H]3CC[C@]12C. The molecule has 1 unspecified atom stereocenters. The van der Waals surface area contributed by atoms with Gasteiger partial charge in [0.05, 0.1) is 6.61 Å². The lowest BCUT2D eigenvalue weighted by Gasteiger charge is -2.52. The minimum absolute atomic E-state index is 0.0896. The smallest absolute Gasteiger partial charge is 0.121 e. The van der Waals surface area contributed by atoms with Crippen molar-refractivity contribution in [3.05, 3.63) is 28.8 Å². The molecule has 3 N–H and O–H groups in total. The normalized spacial score (nSPS) is 37.9. The first-order valence-corrected chi connectivity index (χ1v) is 10.1. The number of benzene rings is 1. The molecule has 0 heterocycles. The van der Waals surface area contributed by atoms with Crippen LogP contribution >= 0.6 is 0 Å². The summed E-state index contributed by atoms with van der Waals surface area (Å²) in [7, 11) is 0. The third-order valence-corrected chi connectivity index (χ3v) is 8.14. The Morgan fingerprint density at radius 1 is 1.16 bits per heavy atom. The molecule has 3 aliphatic carbocycles. The summed E-state index contributed by atoms with van der Waals surface area (Å²) in [6.45, 7) is 4.93. The third-order valence-electron chi connectivity index (χ3n) is 8.14. The van der Waals surface area contributed by atoms with Crippen molar-refractivity contribution in [2.75, 3.05) is 6.61 Å². The molecule has 2 fully saturated rings. The van der Waals surface area contributed by atoms with Crippen LogP contribution in [0.4, 0.5) is 0 Å². The first-order valence-electron chi connectivity index (χ1n) is 10.1. The number of hydrogen-bond acceptors (Lipinski definition) is 3. The van der Waals surface area contributed by atoms with Gasteiger partial charge >= 0.3 is 0 Å². The first kappa shape index (κ1) is 17.4. The van der Waals surface area contributed by atoms with Crippen molar-refractivity contribution in [1.29, 1.82) is 0 Å². The predicted molar refractivity (Wildman–Crippen MR) is 98.4 cm³/mol. The molecular formula is C22H32O3. The second-order valence-corrected chi connectivity index (χ2v) is 9.14. The van der Waals surface area contributed by atoms with Gasteiger partial charge in [-0.05, 0) is 96.8 Å². The quantitative estimate of drug-likeness (QED) is 0.777. The van der Waals surface area contributed by atoms with Crippen LogP contribution in [0.25, 0.3) is 0 Å². The van der Waals surface area contributed by atoms with Gasteiger partial charge in [-0.15, -0.1) is 0 Å². The van der Waals surface area contributed by atoms with Gasteiger partial charge in [-0.25, -0.2) is 0 Å². The van der Waals surface area contributed by atoms with Gasteiger partial charge in [-0.3, -0.25) is 0 Å². The summed E-state index contributed by atoms with van der Waals surface area (Å²) >= 11 is 0. The number of fused-ring (bicyclic) bond motifs is 5. The van der Waals surface area contributed by atoms with Crippen LogP contribution in [0.1, 0.15) is 68.6 Å². The molecule has 0 aromatic heterocycles. The molecule has 0 amide bonds. The van der Waals surface area contributed by atoms with E-state index in [2.05, 4.69) is 19.9 Å². The second-order valence-electron chi connectivity index (χ2n) is 9.14. The zero-order chi connectivity index (χ0) is 17.8. The summed E-state index contributed by atoms with van der Waals surface area (Å²) in [5.41, 5.74) is 3.72. The maximum Gasteiger partial charge on any atom is 0.121 e. The summed E-state index contributed by atoms with van der Waals surface area (Å²) in [5.74, 6) is 3.36. The molecule has 3 aliphatic rings. The van der Waals surface area contributed by atoms with Gasteiger partial charge in [0.2, 0.25) is 0 Å². The fraction of sp³-hybridized carbons (Fsp3) is 0.727. The molecule has 25 heavy (non-hydrogen) atoms. The lowest BCUT2D eigenvalue weighted by atomic mass is 9.53. The van der Waals surface area contributed by atoms with Crippen molar-refractivity contribution < 1.29 is 15.3 Å². The van der Waals surface area contributed by atoms with Crippen molar-refractivity contribution in [3.8, 4) is 5.75 Å². The van der Waals surface area contributed by atoms with E-state index in [0.717, 1.165) is 18.3 Å². The highest BCUT2D eigenvalue weighted by atomic mass is 16.3. The molecule has 4 rings (SSSR count). The number of aliphatic hydroxyl groups excluding tert-OH is 2. The third kappa shape index (κ3) is 2.54. The Bertz CT molecular complexity index is 655. The largest absolute Gasteiger partial charge is 0.508 e. The number of rotatable bonds is 3. The van der Waals surface area contributed by atoms with E-state index in [-0.39, 0.29) is 12.4 Å². The van der Waals surface area contributed by atoms with Crippen molar-refractivity contribution in [2.45, 2.75) is 64.9 Å². The molecule has 0 spiro atoms. The number of aryl methyl sites for hydroxylation is 1. The van der Waals surface area contributed by atoms with Crippen LogP contribution in [0.5, 0.6) is 5.75 Å². The fourth-order valence-electron chi connectivity index (χ4n) is 6.88. The van der Waals surface area contributed by atoms with Gasteiger partial charge in [0.1, 0.15) is 5.75 Å². The van der Waals surface area contributed by atoms with Crippen molar-refractivity contribution in [2.24, 2.45) is 29.1 Å². The van der Waals surface area contributed by atoms with E-state index in [4.69, 9.17) is 0 Å². The van der Waals surface area contributed by atoms with Crippen LogP contribution in [0.2, 0.25) is 0 Å². The van der Waals surface area contributed by atoms with E-state index in [0.29, 0.717) is 35.3 Å². The molecule has 0 bridgehead atoms. The van der Waals surface area contributed by atoms with E-state index < -0.39 is 0 Å². The van der Waals surface area contributed by atoms with Gasteiger partial charge in [0, 0.05) is 12.2 Å². The molecule has 2 saturated carbocycles. The van der Waals surface area contributed by atoms with E-state index in [9.17, 15) is 15.3 Å². The van der Waals surface area contributed by atoms with Gasteiger partial charge in [-0.2, -0.15) is 0 Å². The van der Waals surface area contributed by atoms with Gasteiger partial charge in [-0.1, -0.05) is 13.8 Å². The first-order chi connectivity index (χ1) is 12.0. The van der Waals surface area contributed by atoms with Gasteiger partial charge in [0.25, 0.3) is 0 Å². The van der Waals surface area contributed by atoms with Crippen LogP contribution < -0.4 is 0 Å². The summed E-state index contributed by atoms with van der Waals surface area (Å²) in [6, 6.07) is 3.98. The minimum atomic E-state index is -0.0896. The Morgan fingerprint density at radius 3 is 2.68 bits per heavy atom. The summed E-state index contributed by atoms with van der Waals surface area (Å²) in [6.07, 6.45) is 7.26. The fourth-order valence-corrected chi connectivity index (χ4v) is 6.88. The Morgan fingerprint density at radius 2 is 1.96 bits per heavy atom. The molecule has 3 heteroatoms. The molecule has 3 nitrogen and oxygen atoms in total. The Kier molecular flexibility index (Phi) is 4.36. The zero-order valence-electron chi connectivity index (χ0n) is 15.5. The Balaban J connectivity index is 1.66.